The second kappa shape index (κ2) is 4.18. The molecule has 0 N–H and O–H groups in total. The molecule has 1 spiro atoms. The summed E-state index contributed by atoms with van der Waals surface area (Å²) in [6, 6.07) is 8.78. The summed E-state index contributed by atoms with van der Waals surface area (Å²) in [4.78, 5) is 2.49. The lowest BCUT2D eigenvalue weighted by Crippen LogP contribution is -2.58. The molecule has 16 heavy (non-hydrogen) atoms. The molecule has 0 aromatic heterocycles. The summed E-state index contributed by atoms with van der Waals surface area (Å²) in [5.74, 6) is 0. The van der Waals surface area contributed by atoms with Crippen LogP contribution in [0.3, 0.4) is 0 Å². The van der Waals surface area contributed by atoms with E-state index in [4.69, 9.17) is 4.74 Å². The van der Waals surface area contributed by atoms with Crippen LogP contribution in [0.4, 0.5) is 5.69 Å². The standard InChI is InChI=1S/C13H16INO/c14-11-2-1-3-12(8-11)15-9-13(10-15)4-6-16-7-5-13/h1-3,8H,4-7,9-10H2. The van der Waals surface area contributed by atoms with Crippen LogP contribution in [0.5, 0.6) is 0 Å². The molecule has 0 bridgehead atoms. The van der Waals surface area contributed by atoms with Crippen molar-refractivity contribution in [1.82, 2.24) is 0 Å². The number of hydrogen-bond acceptors (Lipinski definition) is 2. The average molecular weight is 329 g/mol. The molecular formula is C13H16INO. The van der Waals surface area contributed by atoms with Gasteiger partial charge in [0.05, 0.1) is 0 Å². The molecule has 0 unspecified atom stereocenters. The van der Waals surface area contributed by atoms with E-state index in [0.717, 1.165) is 13.2 Å². The summed E-state index contributed by atoms with van der Waals surface area (Å²) in [5, 5.41) is 0. The number of rotatable bonds is 1. The molecular weight excluding hydrogens is 313 g/mol. The Hall–Kier alpha value is -0.290. The van der Waals surface area contributed by atoms with E-state index in [-0.39, 0.29) is 0 Å². The fourth-order valence-corrected chi connectivity index (χ4v) is 3.27. The van der Waals surface area contributed by atoms with E-state index in [1.54, 1.807) is 0 Å². The van der Waals surface area contributed by atoms with Crippen molar-refractivity contribution in [3.8, 4) is 0 Å². The predicted octanol–water partition coefficient (Wildman–Crippen LogP) is 2.91. The van der Waals surface area contributed by atoms with Crippen molar-refractivity contribution in [1.29, 1.82) is 0 Å². The minimum atomic E-state index is 0.569. The van der Waals surface area contributed by atoms with Gasteiger partial charge in [-0.05, 0) is 53.6 Å². The molecule has 3 heteroatoms. The molecule has 1 aromatic rings. The first-order valence-electron chi connectivity index (χ1n) is 5.86. The van der Waals surface area contributed by atoms with Crippen LogP contribution in [0.1, 0.15) is 12.8 Å². The van der Waals surface area contributed by atoms with Gasteiger partial charge in [-0.2, -0.15) is 0 Å². The minimum absolute atomic E-state index is 0.569. The molecule has 2 nitrogen and oxygen atoms in total. The van der Waals surface area contributed by atoms with Gasteiger partial charge in [0.25, 0.3) is 0 Å². The Bertz CT molecular complexity index is 379. The van der Waals surface area contributed by atoms with Crippen molar-refractivity contribution in [2.75, 3.05) is 31.2 Å². The van der Waals surface area contributed by atoms with Gasteiger partial charge in [0.1, 0.15) is 0 Å². The van der Waals surface area contributed by atoms with Crippen molar-refractivity contribution >= 4 is 28.3 Å². The van der Waals surface area contributed by atoms with Crippen molar-refractivity contribution in [2.24, 2.45) is 5.41 Å². The van der Waals surface area contributed by atoms with Crippen molar-refractivity contribution in [3.63, 3.8) is 0 Å². The molecule has 3 rings (SSSR count). The summed E-state index contributed by atoms with van der Waals surface area (Å²) in [6.07, 6.45) is 2.49. The van der Waals surface area contributed by atoms with Crippen LogP contribution in [-0.4, -0.2) is 26.3 Å². The maximum absolute atomic E-state index is 5.44. The Morgan fingerprint density at radius 2 is 1.94 bits per heavy atom. The van der Waals surface area contributed by atoms with Crippen LogP contribution in [0.15, 0.2) is 24.3 Å². The van der Waals surface area contributed by atoms with Crippen LogP contribution >= 0.6 is 22.6 Å². The number of hydrogen-bond donors (Lipinski definition) is 0. The van der Waals surface area contributed by atoms with Gasteiger partial charge >= 0.3 is 0 Å². The van der Waals surface area contributed by atoms with Crippen molar-refractivity contribution in [3.05, 3.63) is 27.8 Å². The first kappa shape index (κ1) is 10.8. The SMILES string of the molecule is Ic1cccc(N2CC3(CCOCC3)C2)c1. The number of nitrogens with zero attached hydrogens (tertiary/aromatic N) is 1. The Kier molecular flexibility index (Phi) is 2.83. The highest BCUT2D eigenvalue weighted by molar-refractivity contribution is 14.1. The van der Waals surface area contributed by atoms with E-state index in [9.17, 15) is 0 Å². The van der Waals surface area contributed by atoms with E-state index in [1.165, 1.54) is 35.2 Å². The van der Waals surface area contributed by atoms with Gasteiger partial charge < -0.3 is 9.64 Å². The van der Waals surface area contributed by atoms with E-state index in [0.29, 0.717) is 5.41 Å². The molecule has 0 aliphatic carbocycles. The molecule has 2 saturated heterocycles. The average Bonchev–Trinajstić information content (AvgIpc) is 2.27. The molecule has 2 fully saturated rings. The lowest BCUT2D eigenvalue weighted by molar-refractivity contribution is -0.000194. The van der Waals surface area contributed by atoms with Crippen molar-refractivity contribution < 1.29 is 4.74 Å². The van der Waals surface area contributed by atoms with Crippen LogP contribution in [-0.2, 0) is 4.74 Å². The first-order chi connectivity index (χ1) is 7.77. The predicted molar refractivity (Wildman–Crippen MR) is 73.9 cm³/mol. The zero-order valence-corrected chi connectivity index (χ0v) is 11.4. The van der Waals surface area contributed by atoms with E-state index in [1.807, 2.05) is 0 Å². The molecule has 2 aliphatic rings. The molecule has 2 aliphatic heterocycles. The maximum atomic E-state index is 5.44. The molecule has 1 aromatic carbocycles. The Balaban J connectivity index is 1.68. The Labute approximate surface area is 110 Å². The zero-order chi connectivity index (χ0) is 11.0. The van der Waals surface area contributed by atoms with Crippen molar-refractivity contribution in [2.45, 2.75) is 12.8 Å². The van der Waals surface area contributed by atoms with Gasteiger partial charge in [-0.3, -0.25) is 0 Å². The summed E-state index contributed by atoms with van der Waals surface area (Å²) in [5.41, 5.74) is 1.95. The van der Waals surface area contributed by atoms with E-state index < -0.39 is 0 Å². The van der Waals surface area contributed by atoms with Gasteiger partial charge in [-0.25, -0.2) is 0 Å². The molecule has 0 saturated carbocycles. The van der Waals surface area contributed by atoms with E-state index in [2.05, 4.69) is 51.8 Å². The highest BCUT2D eigenvalue weighted by atomic mass is 127. The number of halogens is 1. The maximum Gasteiger partial charge on any atom is 0.0472 e. The zero-order valence-electron chi connectivity index (χ0n) is 9.29. The van der Waals surface area contributed by atoms with Gasteiger partial charge in [0.2, 0.25) is 0 Å². The van der Waals surface area contributed by atoms with Gasteiger partial charge in [0.15, 0.2) is 0 Å². The van der Waals surface area contributed by atoms with Crippen LogP contribution < -0.4 is 4.90 Å². The normalized spacial score (nSPS) is 23.2. The summed E-state index contributed by atoms with van der Waals surface area (Å²) in [6.45, 7) is 4.35. The molecule has 0 radical (unpaired) electrons. The monoisotopic (exact) mass is 329 g/mol. The largest absolute Gasteiger partial charge is 0.381 e. The van der Waals surface area contributed by atoms with Gasteiger partial charge in [-0.15, -0.1) is 0 Å². The minimum Gasteiger partial charge on any atom is -0.381 e. The third kappa shape index (κ3) is 1.95. The fourth-order valence-electron chi connectivity index (χ4n) is 2.74. The van der Waals surface area contributed by atoms with E-state index >= 15 is 0 Å². The number of ether oxygens (including phenoxy) is 1. The van der Waals surface area contributed by atoms with Gasteiger partial charge in [0, 0.05) is 41.0 Å². The number of benzene rings is 1. The third-order valence-electron chi connectivity index (χ3n) is 3.78. The topological polar surface area (TPSA) is 12.5 Å². The second-order valence-electron chi connectivity index (χ2n) is 4.95. The second-order valence-corrected chi connectivity index (χ2v) is 6.19. The lowest BCUT2D eigenvalue weighted by atomic mass is 9.73. The highest BCUT2D eigenvalue weighted by Gasteiger charge is 2.43. The van der Waals surface area contributed by atoms with Crippen LogP contribution in [0, 0.1) is 8.99 Å². The fraction of sp³-hybridized carbons (Fsp3) is 0.538. The smallest absolute Gasteiger partial charge is 0.0472 e. The molecule has 2 heterocycles. The van der Waals surface area contributed by atoms with Gasteiger partial charge in [-0.1, -0.05) is 6.07 Å². The summed E-state index contributed by atoms with van der Waals surface area (Å²) >= 11 is 2.38. The third-order valence-corrected chi connectivity index (χ3v) is 4.45. The Morgan fingerprint density at radius 1 is 1.19 bits per heavy atom. The van der Waals surface area contributed by atoms with Crippen LogP contribution in [0.2, 0.25) is 0 Å². The quantitative estimate of drug-likeness (QED) is 0.735. The first-order valence-corrected chi connectivity index (χ1v) is 6.94. The highest BCUT2D eigenvalue weighted by Crippen LogP contribution is 2.42. The summed E-state index contributed by atoms with van der Waals surface area (Å²) < 4.78 is 6.76. The number of anilines is 1. The van der Waals surface area contributed by atoms with Crippen LogP contribution in [0.25, 0.3) is 0 Å². The molecule has 0 atom stereocenters. The molecule has 86 valence electrons. The molecule has 0 amide bonds. The lowest BCUT2D eigenvalue weighted by Gasteiger charge is -2.53. The summed E-state index contributed by atoms with van der Waals surface area (Å²) in [7, 11) is 0. The Morgan fingerprint density at radius 3 is 2.62 bits per heavy atom.